The van der Waals surface area contributed by atoms with Crippen LogP contribution in [0.15, 0.2) is 30.3 Å². The maximum Gasteiger partial charge on any atom is 0.275 e. The third kappa shape index (κ3) is 4.22. The lowest BCUT2D eigenvalue weighted by Gasteiger charge is -2.36. The standard InChI is InChI=1S/C22H24F2N2O4/c1-5-14-15(7-9-18-19(14)30-11-10-29-18)20(27)25-26(22(2,3)4)21(28)16-12-13(23)6-8-17(16)24/h6-9,12H,5,10-11H2,1-4H3,(H,25,27). The van der Waals surface area contributed by atoms with Crippen molar-refractivity contribution in [2.45, 2.75) is 39.7 Å². The fraction of sp³-hybridized carbons (Fsp3) is 0.364. The molecule has 3 rings (SSSR count). The van der Waals surface area contributed by atoms with Gasteiger partial charge >= 0.3 is 0 Å². The van der Waals surface area contributed by atoms with Crippen molar-refractivity contribution in [2.24, 2.45) is 0 Å². The van der Waals surface area contributed by atoms with E-state index >= 15 is 0 Å². The van der Waals surface area contributed by atoms with E-state index in [1.54, 1.807) is 32.9 Å². The Bertz CT molecular complexity index is 986. The van der Waals surface area contributed by atoms with E-state index in [1.807, 2.05) is 6.92 Å². The number of carbonyl (C=O) groups is 2. The van der Waals surface area contributed by atoms with Crippen LogP contribution < -0.4 is 14.9 Å². The lowest BCUT2D eigenvalue weighted by atomic mass is 10.0. The molecule has 0 unspecified atom stereocenters. The molecule has 0 saturated carbocycles. The Morgan fingerprint density at radius 3 is 2.43 bits per heavy atom. The predicted molar refractivity (Wildman–Crippen MR) is 107 cm³/mol. The highest BCUT2D eigenvalue weighted by molar-refractivity contribution is 6.00. The van der Waals surface area contributed by atoms with Crippen LogP contribution in [0.4, 0.5) is 8.78 Å². The minimum absolute atomic E-state index is 0.309. The first-order valence-corrected chi connectivity index (χ1v) is 9.65. The van der Waals surface area contributed by atoms with Crippen molar-refractivity contribution in [1.29, 1.82) is 0 Å². The maximum atomic E-state index is 14.2. The van der Waals surface area contributed by atoms with E-state index < -0.39 is 34.6 Å². The van der Waals surface area contributed by atoms with Crippen LogP contribution in [0, 0.1) is 11.6 Å². The maximum absolute atomic E-state index is 14.2. The molecule has 0 aliphatic carbocycles. The summed E-state index contributed by atoms with van der Waals surface area (Å²) in [5.41, 5.74) is 2.13. The van der Waals surface area contributed by atoms with Crippen molar-refractivity contribution in [3.05, 3.63) is 58.7 Å². The molecule has 1 aliphatic rings. The van der Waals surface area contributed by atoms with Gasteiger partial charge in [0.1, 0.15) is 24.8 Å². The number of hydrogen-bond donors (Lipinski definition) is 1. The third-order valence-corrected chi connectivity index (χ3v) is 4.66. The molecule has 2 aromatic carbocycles. The fourth-order valence-corrected chi connectivity index (χ4v) is 3.20. The van der Waals surface area contributed by atoms with Crippen LogP contribution >= 0.6 is 0 Å². The van der Waals surface area contributed by atoms with Gasteiger partial charge in [-0.2, -0.15) is 0 Å². The van der Waals surface area contributed by atoms with Gasteiger partial charge in [-0.25, -0.2) is 13.8 Å². The number of ether oxygens (including phenoxy) is 2. The summed E-state index contributed by atoms with van der Waals surface area (Å²) in [7, 11) is 0. The Morgan fingerprint density at radius 2 is 1.77 bits per heavy atom. The van der Waals surface area contributed by atoms with Gasteiger partial charge in [0.15, 0.2) is 11.5 Å². The number of benzene rings is 2. The number of nitrogens with one attached hydrogen (secondary N) is 1. The van der Waals surface area contributed by atoms with E-state index in [0.717, 1.165) is 23.2 Å². The smallest absolute Gasteiger partial charge is 0.275 e. The molecule has 2 aromatic rings. The normalized spacial score (nSPS) is 13.0. The minimum Gasteiger partial charge on any atom is -0.486 e. The highest BCUT2D eigenvalue weighted by atomic mass is 19.1. The molecule has 0 radical (unpaired) electrons. The first-order valence-electron chi connectivity index (χ1n) is 9.65. The van der Waals surface area contributed by atoms with Gasteiger partial charge < -0.3 is 9.47 Å². The topological polar surface area (TPSA) is 67.9 Å². The number of rotatable bonds is 3. The second-order valence-corrected chi connectivity index (χ2v) is 7.85. The number of fused-ring (bicyclic) bond motifs is 1. The monoisotopic (exact) mass is 418 g/mol. The van der Waals surface area contributed by atoms with Gasteiger partial charge in [-0.15, -0.1) is 0 Å². The summed E-state index contributed by atoms with van der Waals surface area (Å²) >= 11 is 0. The lowest BCUT2D eigenvalue weighted by molar-refractivity contribution is 0.0353. The average Bonchev–Trinajstić information content (AvgIpc) is 2.71. The van der Waals surface area contributed by atoms with E-state index in [-0.39, 0.29) is 0 Å². The summed E-state index contributed by atoms with van der Waals surface area (Å²) in [6.45, 7) is 7.69. The highest BCUT2D eigenvalue weighted by Crippen LogP contribution is 2.36. The van der Waals surface area contributed by atoms with Gasteiger partial charge in [0.05, 0.1) is 11.1 Å². The van der Waals surface area contributed by atoms with Crippen LogP contribution in [0.5, 0.6) is 11.5 Å². The van der Waals surface area contributed by atoms with Gasteiger partial charge in [-0.3, -0.25) is 15.0 Å². The average molecular weight is 418 g/mol. The summed E-state index contributed by atoms with van der Waals surface area (Å²) in [6, 6.07) is 5.84. The van der Waals surface area contributed by atoms with Gasteiger partial charge in [0.25, 0.3) is 11.8 Å². The fourth-order valence-electron chi connectivity index (χ4n) is 3.20. The molecule has 30 heavy (non-hydrogen) atoms. The number of carbonyl (C=O) groups excluding carboxylic acids is 2. The molecular weight excluding hydrogens is 394 g/mol. The number of hydrogen-bond acceptors (Lipinski definition) is 4. The SMILES string of the molecule is CCc1c(C(=O)NN(C(=O)c2cc(F)ccc2F)C(C)(C)C)ccc2c1OCCO2. The largest absolute Gasteiger partial charge is 0.486 e. The second-order valence-electron chi connectivity index (χ2n) is 7.85. The van der Waals surface area contributed by atoms with Crippen LogP contribution in [-0.4, -0.2) is 35.6 Å². The summed E-state index contributed by atoms with van der Waals surface area (Å²) < 4.78 is 39.0. The van der Waals surface area contributed by atoms with E-state index in [4.69, 9.17) is 9.47 Å². The van der Waals surface area contributed by atoms with E-state index in [2.05, 4.69) is 5.43 Å². The van der Waals surface area contributed by atoms with E-state index in [0.29, 0.717) is 42.3 Å². The highest BCUT2D eigenvalue weighted by Gasteiger charge is 2.32. The molecule has 160 valence electrons. The molecule has 6 nitrogen and oxygen atoms in total. The zero-order chi connectivity index (χ0) is 22.1. The predicted octanol–water partition coefficient (Wildman–Crippen LogP) is 3.88. The molecule has 1 N–H and O–H groups in total. The Balaban J connectivity index is 1.96. The molecule has 2 amide bonds. The van der Waals surface area contributed by atoms with Crippen LogP contribution in [0.3, 0.4) is 0 Å². The zero-order valence-corrected chi connectivity index (χ0v) is 17.3. The van der Waals surface area contributed by atoms with Gasteiger partial charge in [0, 0.05) is 11.1 Å². The quantitative estimate of drug-likeness (QED) is 0.768. The van der Waals surface area contributed by atoms with Gasteiger partial charge in [0.2, 0.25) is 0 Å². The van der Waals surface area contributed by atoms with Crippen molar-refractivity contribution in [3.8, 4) is 11.5 Å². The third-order valence-electron chi connectivity index (χ3n) is 4.66. The van der Waals surface area contributed by atoms with Crippen molar-refractivity contribution < 1.29 is 27.8 Å². The van der Waals surface area contributed by atoms with Gasteiger partial charge in [-0.05, 0) is 57.5 Å². The van der Waals surface area contributed by atoms with Gasteiger partial charge in [-0.1, -0.05) is 6.92 Å². The molecule has 1 aliphatic heterocycles. The minimum atomic E-state index is -0.911. The first kappa shape index (κ1) is 21.5. The Morgan fingerprint density at radius 1 is 1.07 bits per heavy atom. The van der Waals surface area contributed by atoms with E-state index in [9.17, 15) is 18.4 Å². The van der Waals surface area contributed by atoms with Crippen LogP contribution in [-0.2, 0) is 6.42 Å². The molecule has 0 saturated heterocycles. The molecular formula is C22H24F2N2O4. The first-order chi connectivity index (χ1) is 14.1. The summed E-state index contributed by atoms with van der Waals surface area (Å²) in [4.78, 5) is 26.1. The van der Waals surface area contributed by atoms with Crippen molar-refractivity contribution in [3.63, 3.8) is 0 Å². The van der Waals surface area contributed by atoms with Crippen LogP contribution in [0.1, 0.15) is 54.0 Å². The van der Waals surface area contributed by atoms with Crippen LogP contribution in [0.25, 0.3) is 0 Å². The Labute approximate surface area is 173 Å². The van der Waals surface area contributed by atoms with Crippen molar-refractivity contribution in [1.82, 2.24) is 10.4 Å². The second kappa shape index (κ2) is 8.30. The molecule has 8 heteroatoms. The molecule has 0 atom stereocenters. The molecule has 0 fully saturated rings. The summed E-state index contributed by atoms with van der Waals surface area (Å²) in [5.74, 6) is -1.99. The zero-order valence-electron chi connectivity index (χ0n) is 17.3. The number of hydrazine groups is 1. The summed E-state index contributed by atoms with van der Waals surface area (Å²) in [5, 5.41) is 1.00. The van der Waals surface area contributed by atoms with Crippen molar-refractivity contribution in [2.75, 3.05) is 13.2 Å². The lowest BCUT2D eigenvalue weighted by Crippen LogP contribution is -2.56. The van der Waals surface area contributed by atoms with Crippen molar-refractivity contribution >= 4 is 11.8 Å². The molecule has 0 spiro atoms. The number of halogens is 2. The number of amides is 2. The van der Waals surface area contributed by atoms with E-state index in [1.165, 1.54) is 0 Å². The molecule has 1 heterocycles. The molecule has 0 bridgehead atoms. The Hall–Kier alpha value is -3.16. The Kier molecular flexibility index (Phi) is 5.96. The van der Waals surface area contributed by atoms with Crippen LogP contribution in [0.2, 0.25) is 0 Å². The number of nitrogens with zero attached hydrogens (tertiary/aromatic N) is 1. The molecule has 0 aromatic heterocycles. The summed E-state index contributed by atoms with van der Waals surface area (Å²) in [6.07, 6.45) is 0.497.